The molecule has 158 valence electrons. The number of aromatic hydroxyl groups is 1. The number of thioether (sulfide) groups is 1. The quantitative estimate of drug-likeness (QED) is 0.375. The Morgan fingerprint density at radius 2 is 1.47 bits per heavy atom. The molecule has 3 nitrogen and oxygen atoms in total. The van der Waals surface area contributed by atoms with Gasteiger partial charge in [-0.05, 0) is 29.3 Å². The van der Waals surface area contributed by atoms with E-state index in [0.29, 0.717) is 18.4 Å². The van der Waals surface area contributed by atoms with Gasteiger partial charge in [-0.1, -0.05) is 30.3 Å². The van der Waals surface area contributed by atoms with Gasteiger partial charge in [0, 0.05) is 5.75 Å². The zero-order valence-corrected chi connectivity index (χ0v) is 15.7. The van der Waals surface area contributed by atoms with E-state index in [4.69, 9.17) is 4.42 Å². The van der Waals surface area contributed by atoms with Gasteiger partial charge in [0.25, 0.3) is 0 Å². The summed E-state index contributed by atoms with van der Waals surface area (Å²) in [6.45, 7) is 0. The highest BCUT2D eigenvalue weighted by atomic mass is 32.2. The summed E-state index contributed by atoms with van der Waals surface area (Å²) in [6, 6.07) is 9.64. The van der Waals surface area contributed by atoms with Crippen LogP contribution >= 0.6 is 11.8 Å². The zero-order valence-electron chi connectivity index (χ0n) is 14.8. The first-order valence-electron chi connectivity index (χ1n) is 8.28. The van der Waals surface area contributed by atoms with Crippen molar-refractivity contribution in [3.63, 3.8) is 0 Å². The molecule has 10 heteroatoms. The van der Waals surface area contributed by atoms with E-state index in [1.54, 1.807) is 30.3 Å². The molecule has 0 atom stereocenters. The fourth-order valence-electron chi connectivity index (χ4n) is 2.61. The highest BCUT2D eigenvalue weighted by molar-refractivity contribution is 7.98. The van der Waals surface area contributed by atoms with Crippen molar-refractivity contribution in [1.29, 1.82) is 0 Å². The van der Waals surface area contributed by atoms with Crippen LogP contribution in [0.3, 0.4) is 0 Å². The maximum absolute atomic E-state index is 13.1. The molecule has 2 aromatic carbocycles. The van der Waals surface area contributed by atoms with E-state index in [-0.39, 0.29) is 16.7 Å². The number of hydrogen-bond acceptors (Lipinski definition) is 4. The monoisotopic (exact) mass is 446 g/mol. The van der Waals surface area contributed by atoms with Crippen LogP contribution in [0.25, 0.3) is 11.1 Å². The van der Waals surface area contributed by atoms with E-state index in [9.17, 15) is 36.2 Å². The Labute approximate surface area is 170 Å². The molecule has 0 unspecified atom stereocenters. The summed E-state index contributed by atoms with van der Waals surface area (Å²) in [6.07, 6.45) is -9.46. The summed E-state index contributed by atoms with van der Waals surface area (Å²) in [5, 5.41) is 10.4. The molecule has 0 spiro atoms. The maximum atomic E-state index is 13.1. The van der Waals surface area contributed by atoms with Crippen molar-refractivity contribution >= 4 is 11.8 Å². The van der Waals surface area contributed by atoms with Gasteiger partial charge < -0.3 is 9.52 Å². The number of halogens is 6. The van der Waals surface area contributed by atoms with Crippen molar-refractivity contribution in [2.24, 2.45) is 0 Å². The number of alkyl halides is 6. The van der Waals surface area contributed by atoms with Crippen LogP contribution in [0.1, 0.15) is 16.7 Å². The van der Waals surface area contributed by atoms with E-state index >= 15 is 0 Å². The van der Waals surface area contributed by atoms with Crippen LogP contribution in [-0.4, -0.2) is 5.11 Å². The summed E-state index contributed by atoms with van der Waals surface area (Å²) < 4.78 is 83.3. The van der Waals surface area contributed by atoms with E-state index in [0.717, 1.165) is 17.3 Å². The summed E-state index contributed by atoms with van der Waals surface area (Å²) in [7, 11) is 0. The molecule has 3 rings (SSSR count). The third-order valence-corrected chi connectivity index (χ3v) is 5.19. The molecule has 3 aromatic rings. The van der Waals surface area contributed by atoms with Gasteiger partial charge >= 0.3 is 18.0 Å². The molecule has 0 radical (unpaired) electrons. The summed E-state index contributed by atoms with van der Waals surface area (Å²) in [5.41, 5.74) is -4.31. The van der Waals surface area contributed by atoms with Gasteiger partial charge in [0.2, 0.25) is 0 Å². The minimum absolute atomic E-state index is 0.0231. The van der Waals surface area contributed by atoms with Crippen LogP contribution in [0.4, 0.5) is 26.3 Å². The normalized spacial score (nSPS) is 12.2. The van der Waals surface area contributed by atoms with Gasteiger partial charge in [-0.25, -0.2) is 4.79 Å². The average molecular weight is 446 g/mol. The molecule has 0 aliphatic rings. The third-order valence-electron chi connectivity index (χ3n) is 4.06. The van der Waals surface area contributed by atoms with Crippen LogP contribution in [0.2, 0.25) is 0 Å². The third kappa shape index (κ3) is 4.81. The maximum Gasteiger partial charge on any atom is 0.416 e. The molecule has 30 heavy (non-hydrogen) atoms. The Bertz CT molecular complexity index is 1070. The van der Waals surface area contributed by atoms with Crippen LogP contribution < -0.4 is 5.63 Å². The van der Waals surface area contributed by atoms with Crippen molar-refractivity contribution in [2.75, 3.05) is 0 Å². The lowest BCUT2D eigenvalue weighted by Gasteiger charge is -2.15. The van der Waals surface area contributed by atoms with Crippen LogP contribution in [0.5, 0.6) is 5.75 Å². The number of benzene rings is 2. The largest absolute Gasteiger partial charge is 0.506 e. The second-order valence-electron chi connectivity index (χ2n) is 6.18. The molecule has 0 saturated heterocycles. The molecular weight excluding hydrogens is 434 g/mol. The van der Waals surface area contributed by atoms with Gasteiger partial charge in [-0.15, -0.1) is 11.8 Å². The first kappa shape index (κ1) is 21.8. The van der Waals surface area contributed by atoms with Crippen molar-refractivity contribution in [3.8, 4) is 16.9 Å². The zero-order chi connectivity index (χ0) is 22.1. The topological polar surface area (TPSA) is 50.4 Å². The molecule has 0 fully saturated rings. The second kappa shape index (κ2) is 8.10. The lowest BCUT2D eigenvalue weighted by atomic mass is 10.00. The van der Waals surface area contributed by atoms with Gasteiger partial charge in [0.15, 0.2) is 0 Å². The smallest absolute Gasteiger partial charge is 0.416 e. The lowest BCUT2D eigenvalue weighted by Crippen LogP contribution is -2.11. The number of rotatable bonds is 4. The Hall–Kier alpha value is -2.88. The molecule has 1 aromatic heterocycles. The molecule has 0 aliphatic carbocycles. The Balaban J connectivity index is 2.08. The minimum Gasteiger partial charge on any atom is -0.506 e. The van der Waals surface area contributed by atoms with Gasteiger partial charge in [0.1, 0.15) is 16.9 Å². The standard InChI is InChI=1S/C20H12F6O3S/c21-19(22,23)13-6-12(7-14(8-13)20(24,25)26)15-9-29-18(28)17(16(15)27)30-10-11-4-2-1-3-5-11/h1-9,27H,10H2. The van der Waals surface area contributed by atoms with E-state index in [1.807, 2.05) is 0 Å². The molecule has 1 heterocycles. The molecule has 0 aliphatic heterocycles. The Kier molecular flexibility index (Phi) is 5.89. The molecule has 0 amide bonds. The molecular formula is C20H12F6O3S. The first-order valence-corrected chi connectivity index (χ1v) is 9.26. The summed E-state index contributed by atoms with van der Waals surface area (Å²) in [5.74, 6) is -0.529. The fourth-order valence-corrected chi connectivity index (χ4v) is 3.53. The van der Waals surface area contributed by atoms with Gasteiger partial charge in [0.05, 0.1) is 16.7 Å². The average Bonchev–Trinajstić information content (AvgIpc) is 2.67. The Morgan fingerprint density at radius 3 is 2.00 bits per heavy atom. The van der Waals surface area contributed by atoms with Gasteiger partial charge in [-0.3, -0.25) is 0 Å². The van der Waals surface area contributed by atoms with Crippen molar-refractivity contribution < 1.29 is 35.9 Å². The van der Waals surface area contributed by atoms with Crippen LogP contribution in [0, 0.1) is 0 Å². The van der Waals surface area contributed by atoms with E-state index < -0.39 is 46.0 Å². The van der Waals surface area contributed by atoms with E-state index in [2.05, 4.69) is 0 Å². The molecule has 1 N–H and O–H groups in total. The lowest BCUT2D eigenvalue weighted by molar-refractivity contribution is -0.143. The van der Waals surface area contributed by atoms with Crippen LogP contribution in [0.15, 0.2) is 68.9 Å². The minimum atomic E-state index is -5.05. The van der Waals surface area contributed by atoms with Crippen molar-refractivity contribution in [2.45, 2.75) is 23.0 Å². The van der Waals surface area contributed by atoms with Gasteiger partial charge in [-0.2, -0.15) is 26.3 Å². The predicted molar refractivity (Wildman–Crippen MR) is 98.1 cm³/mol. The summed E-state index contributed by atoms with van der Waals surface area (Å²) >= 11 is 0.854. The van der Waals surface area contributed by atoms with E-state index in [1.165, 1.54) is 0 Å². The highest BCUT2D eigenvalue weighted by Gasteiger charge is 2.37. The number of hydrogen-bond donors (Lipinski definition) is 1. The SMILES string of the molecule is O=c1occ(-c2cc(C(F)(F)F)cc(C(F)(F)F)c2)c(O)c1SCc1ccccc1. The molecule has 0 saturated carbocycles. The molecule has 0 bridgehead atoms. The Morgan fingerprint density at radius 1 is 0.900 bits per heavy atom. The van der Waals surface area contributed by atoms with Crippen molar-refractivity contribution in [3.05, 3.63) is 81.9 Å². The predicted octanol–water partition coefficient (Wildman–Crippen LogP) is 6.34. The fraction of sp³-hybridized carbons (Fsp3) is 0.150. The van der Waals surface area contributed by atoms with Crippen LogP contribution in [-0.2, 0) is 18.1 Å². The highest BCUT2D eigenvalue weighted by Crippen LogP contribution is 2.42. The first-order chi connectivity index (χ1) is 14.0. The second-order valence-corrected chi connectivity index (χ2v) is 7.17. The van der Waals surface area contributed by atoms with Crippen molar-refractivity contribution in [1.82, 2.24) is 0 Å². The summed E-state index contributed by atoms with van der Waals surface area (Å²) in [4.78, 5) is 11.7.